The van der Waals surface area contributed by atoms with Crippen molar-refractivity contribution in [3.63, 3.8) is 0 Å². The lowest BCUT2D eigenvalue weighted by atomic mass is 9.31. The molecule has 0 aliphatic heterocycles. The number of halogens is 4. The van der Waals surface area contributed by atoms with E-state index in [1.807, 2.05) is 0 Å². The summed E-state index contributed by atoms with van der Waals surface area (Å²) in [5, 5.41) is 36.0. The van der Waals surface area contributed by atoms with Crippen LogP contribution in [0.2, 0.25) is 0 Å². The van der Waals surface area contributed by atoms with Crippen LogP contribution >= 0.6 is 46.4 Å². The number of hydrogen-bond donors (Lipinski definition) is 0. The van der Waals surface area contributed by atoms with Crippen molar-refractivity contribution in [3.8, 4) is 24.3 Å². The van der Waals surface area contributed by atoms with Crippen LogP contribution in [-0.2, 0) is 19.2 Å². The van der Waals surface area contributed by atoms with E-state index in [1.54, 1.807) is 0 Å². The molecule has 3 rings (SSSR count). The van der Waals surface area contributed by atoms with Gasteiger partial charge in [0, 0.05) is 0 Å². The highest BCUT2D eigenvalue weighted by Gasteiger charge is 3.00. The number of fused-ring (bicyclic) bond motifs is 4. The summed E-state index contributed by atoms with van der Waals surface area (Å²) in [4.78, 5) is 45.6. The third-order valence-corrected chi connectivity index (χ3v) is 7.62. The van der Waals surface area contributed by atoms with E-state index in [-0.39, 0.29) is 0 Å². The van der Waals surface area contributed by atoms with Gasteiger partial charge in [0.15, 0.2) is 32.1 Å². The highest BCUT2D eigenvalue weighted by molar-refractivity contribution is 6.66. The molecule has 12 heteroatoms. The lowest BCUT2D eigenvalue weighted by Gasteiger charge is -2.69. The summed E-state index contributed by atoms with van der Waals surface area (Å²) in [5.74, 6) is -6.02. The van der Waals surface area contributed by atoms with Crippen LogP contribution in [0.3, 0.4) is 0 Å². The van der Waals surface area contributed by atoms with Crippen LogP contribution < -0.4 is 0 Å². The quantitative estimate of drug-likeness (QED) is 0.495. The highest BCUT2D eigenvalue weighted by atomic mass is 35.5. The molecule has 0 spiro atoms. The molecular formula is C16Cl4N4O4. The van der Waals surface area contributed by atoms with Crippen LogP contribution in [0.5, 0.6) is 0 Å². The van der Waals surface area contributed by atoms with Crippen molar-refractivity contribution in [2.75, 3.05) is 0 Å². The molecule has 0 radical (unpaired) electrons. The van der Waals surface area contributed by atoms with Gasteiger partial charge in [-0.25, -0.2) is 0 Å². The fourth-order valence-electron chi connectivity index (χ4n) is 4.01. The highest BCUT2D eigenvalue weighted by Crippen LogP contribution is 2.79. The number of Topliss-reactive ketones (excluding diaryl/α,β-unsaturated/α-hetero) is 4. The molecule has 0 saturated heterocycles. The molecule has 0 heterocycles. The minimum absolute atomic E-state index is 0.980. The second kappa shape index (κ2) is 5.42. The van der Waals surface area contributed by atoms with E-state index in [4.69, 9.17) is 46.4 Å². The van der Waals surface area contributed by atoms with E-state index in [0.717, 1.165) is 0 Å². The van der Waals surface area contributed by atoms with E-state index in [9.17, 15) is 40.2 Å². The second-order valence-electron chi connectivity index (χ2n) is 5.96. The molecule has 0 aromatic rings. The molecule has 0 aromatic carbocycles. The number of carbonyl (C=O) groups is 4. The number of ketones is 4. The van der Waals surface area contributed by atoms with Crippen LogP contribution in [0, 0.1) is 56.2 Å². The van der Waals surface area contributed by atoms with Gasteiger partial charge in [-0.2, -0.15) is 21.0 Å². The first-order valence-electron chi connectivity index (χ1n) is 6.97. The lowest BCUT2D eigenvalue weighted by molar-refractivity contribution is -0.172. The Bertz CT molecular complexity index is 1120. The Morgan fingerprint density at radius 3 is 1.11 bits per heavy atom. The van der Waals surface area contributed by atoms with Crippen molar-refractivity contribution in [2.24, 2.45) is 10.8 Å². The first-order valence-corrected chi connectivity index (χ1v) is 8.48. The third kappa shape index (κ3) is 1.39. The van der Waals surface area contributed by atoms with E-state index >= 15 is 0 Å². The van der Waals surface area contributed by atoms with Gasteiger partial charge in [-0.05, 0) is 0 Å². The topological polar surface area (TPSA) is 163 Å². The van der Waals surface area contributed by atoms with Crippen molar-refractivity contribution in [1.82, 2.24) is 0 Å². The maximum absolute atomic E-state index is 13.0. The van der Waals surface area contributed by atoms with E-state index in [2.05, 4.69) is 0 Å². The molecule has 4 unspecified atom stereocenters. The summed E-state index contributed by atoms with van der Waals surface area (Å²) >= 11 is 24.1. The molecule has 0 aromatic heterocycles. The number of carbonyl (C=O) groups excluding carboxylic acids is 4. The van der Waals surface area contributed by atoms with Gasteiger partial charge in [-0.1, -0.05) is 23.2 Å². The van der Waals surface area contributed by atoms with Crippen LogP contribution in [0.15, 0.2) is 21.2 Å². The van der Waals surface area contributed by atoms with Crippen LogP contribution in [0.1, 0.15) is 0 Å². The van der Waals surface area contributed by atoms with E-state index in [0.29, 0.717) is 0 Å². The molecule has 0 bridgehead atoms. The fourth-order valence-corrected chi connectivity index (χ4v) is 5.65. The molecule has 8 nitrogen and oxygen atoms in total. The van der Waals surface area contributed by atoms with Crippen molar-refractivity contribution in [1.29, 1.82) is 21.0 Å². The maximum Gasteiger partial charge on any atom is 0.200 e. The van der Waals surface area contributed by atoms with Crippen molar-refractivity contribution in [3.05, 3.63) is 21.2 Å². The maximum atomic E-state index is 13.0. The van der Waals surface area contributed by atoms with Crippen LogP contribution in [-0.4, -0.2) is 32.9 Å². The zero-order valence-electron chi connectivity index (χ0n) is 12.9. The molecule has 1 saturated carbocycles. The van der Waals surface area contributed by atoms with Gasteiger partial charge in [0.1, 0.15) is 33.3 Å². The lowest BCUT2D eigenvalue weighted by Crippen LogP contribution is -2.92. The predicted octanol–water partition coefficient (Wildman–Crippen LogP) is 1.31. The number of rotatable bonds is 0. The number of allylic oxidation sites excluding steroid dienone is 4. The molecule has 1 fully saturated rings. The Morgan fingerprint density at radius 1 is 0.607 bits per heavy atom. The summed E-state index contributed by atoms with van der Waals surface area (Å²) in [6, 6.07) is 5.34. The summed E-state index contributed by atoms with van der Waals surface area (Å²) in [6.45, 7) is 0. The van der Waals surface area contributed by atoms with Gasteiger partial charge in [0.05, 0.1) is 12.1 Å². The molecule has 28 heavy (non-hydrogen) atoms. The average molecular weight is 454 g/mol. The Hall–Kier alpha value is -2.72. The summed E-state index contributed by atoms with van der Waals surface area (Å²) in [7, 11) is 0. The number of alkyl halides is 2. The van der Waals surface area contributed by atoms with Gasteiger partial charge in [0.25, 0.3) is 0 Å². The predicted molar refractivity (Wildman–Crippen MR) is 90.3 cm³/mol. The Balaban J connectivity index is 2.63. The van der Waals surface area contributed by atoms with Crippen molar-refractivity contribution < 1.29 is 19.2 Å². The van der Waals surface area contributed by atoms with Gasteiger partial charge < -0.3 is 0 Å². The smallest absolute Gasteiger partial charge is 0.200 e. The average Bonchev–Trinajstić information content (AvgIpc) is 2.69. The minimum Gasteiger partial charge on any atom is -0.291 e. The van der Waals surface area contributed by atoms with Crippen molar-refractivity contribution >= 4 is 69.5 Å². The molecule has 4 atom stereocenters. The molecule has 3 aliphatic rings. The molecular weight excluding hydrogens is 454 g/mol. The summed E-state index contributed by atoms with van der Waals surface area (Å²) < 4.78 is 0. The minimum atomic E-state index is -3.06. The summed E-state index contributed by atoms with van der Waals surface area (Å²) in [6.07, 6.45) is 0. The summed E-state index contributed by atoms with van der Waals surface area (Å²) in [5.41, 5.74) is -8.23. The van der Waals surface area contributed by atoms with Crippen LogP contribution in [0.4, 0.5) is 0 Å². The second-order valence-corrected chi connectivity index (χ2v) is 7.85. The Morgan fingerprint density at radius 2 is 0.893 bits per heavy atom. The van der Waals surface area contributed by atoms with Gasteiger partial charge in [-0.3, -0.25) is 19.2 Å². The Labute approximate surface area is 175 Å². The first kappa shape index (κ1) is 20.0. The number of hydrogen-bond acceptors (Lipinski definition) is 8. The Kier molecular flexibility index (Phi) is 3.88. The monoisotopic (exact) mass is 452 g/mol. The normalized spacial score (nSPS) is 39.1. The molecule has 0 amide bonds. The molecule has 3 aliphatic carbocycles. The SMILES string of the molecule is N#CC1=C(C#N)C(=O)C2(Cl)C(Cl)(C1=O)C1(C#N)C(=O)C(Cl)=C(Cl)C(=O)C21C#N. The van der Waals surface area contributed by atoms with Crippen LogP contribution in [0.25, 0.3) is 0 Å². The third-order valence-electron chi connectivity index (χ3n) is 5.23. The number of nitriles is 4. The van der Waals surface area contributed by atoms with E-state index < -0.39 is 64.9 Å². The first-order chi connectivity index (χ1) is 13.0. The zero-order valence-corrected chi connectivity index (χ0v) is 16.0. The molecule has 0 N–H and O–H groups in total. The van der Waals surface area contributed by atoms with Gasteiger partial charge >= 0.3 is 0 Å². The molecule has 136 valence electrons. The zero-order chi connectivity index (χ0) is 21.4. The number of nitrogens with zero attached hydrogens (tertiary/aromatic N) is 4. The van der Waals surface area contributed by atoms with Crippen molar-refractivity contribution in [2.45, 2.75) is 9.75 Å². The fraction of sp³-hybridized carbons (Fsp3) is 0.250. The van der Waals surface area contributed by atoms with Gasteiger partial charge in [-0.15, -0.1) is 23.2 Å². The van der Waals surface area contributed by atoms with Gasteiger partial charge in [0.2, 0.25) is 11.6 Å². The largest absolute Gasteiger partial charge is 0.291 e. The standard InChI is InChI=1S/C16Cl4N4O4/c17-7-8(18)12(28)14(4-24)13(3-23,11(7)27)15(19)9(25)5(1-21)6(2-22)10(26)16(14,15)20. The van der Waals surface area contributed by atoms with E-state index in [1.165, 1.54) is 24.3 Å².